The van der Waals surface area contributed by atoms with Gasteiger partial charge < -0.3 is 20.3 Å². The number of aliphatic hydroxyl groups is 2. The number of esters is 1. The first-order valence-corrected chi connectivity index (χ1v) is 38.6. The second-order valence-electron chi connectivity index (χ2n) is 26.7. The molecule has 0 aromatic heterocycles. The standard InChI is InChI=1S/C78H151NO5/c1-3-5-7-9-11-13-15-17-18-40-43-47-50-54-58-62-66-70-76(81)75(74-80)79-77(82)71-67-63-59-55-51-48-44-41-38-36-34-32-30-28-26-24-22-20-19-21-23-25-27-29-31-33-35-37-39-42-45-49-53-57-61-65-69-73-84-78(83)72-68-64-60-56-52-46-16-14-12-10-8-6-4-2/h14,16,19,21,75-76,80-81H,3-13,15,17-18,20,22-74H2,1-2H3,(H,79,82)/b16-14-,21-19-. The van der Waals surface area contributed by atoms with E-state index < -0.39 is 12.1 Å². The molecule has 0 saturated carbocycles. The molecule has 0 aliphatic carbocycles. The number of rotatable bonds is 73. The maximum absolute atomic E-state index is 12.5. The van der Waals surface area contributed by atoms with Gasteiger partial charge in [0.15, 0.2) is 0 Å². The van der Waals surface area contributed by atoms with E-state index >= 15 is 0 Å². The zero-order chi connectivity index (χ0) is 60.6. The molecule has 0 rings (SSSR count). The monoisotopic (exact) mass is 1180 g/mol. The van der Waals surface area contributed by atoms with Gasteiger partial charge in [-0.1, -0.05) is 372 Å². The zero-order valence-electron chi connectivity index (χ0n) is 57.2. The summed E-state index contributed by atoms with van der Waals surface area (Å²) >= 11 is 0. The fourth-order valence-corrected chi connectivity index (χ4v) is 12.3. The third-order valence-corrected chi connectivity index (χ3v) is 18.2. The van der Waals surface area contributed by atoms with Crippen molar-refractivity contribution in [3.8, 4) is 0 Å². The Kier molecular flexibility index (Phi) is 72.3. The molecule has 1 amide bonds. The van der Waals surface area contributed by atoms with Crippen molar-refractivity contribution in [2.75, 3.05) is 13.2 Å². The van der Waals surface area contributed by atoms with Gasteiger partial charge >= 0.3 is 5.97 Å². The number of hydrogen-bond acceptors (Lipinski definition) is 5. The van der Waals surface area contributed by atoms with E-state index in [9.17, 15) is 19.8 Å². The molecule has 3 N–H and O–H groups in total. The number of nitrogens with one attached hydrogen (secondary N) is 1. The van der Waals surface area contributed by atoms with Gasteiger partial charge in [-0.2, -0.15) is 0 Å². The van der Waals surface area contributed by atoms with Crippen LogP contribution in [0, 0.1) is 0 Å². The lowest BCUT2D eigenvalue weighted by Gasteiger charge is -2.22. The quantitative estimate of drug-likeness (QED) is 0.0320. The second kappa shape index (κ2) is 73.8. The van der Waals surface area contributed by atoms with Gasteiger partial charge in [-0.3, -0.25) is 9.59 Å². The second-order valence-corrected chi connectivity index (χ2v) is 26.7. The number of allylic oxidation sites excluding steroid dienone is 4. The van der Waals surface area contributed by atoms with Crippen molar-refractivity contribution in [1.82, 2.24) is 5.32 Å². The van der Waals surface area contributed by atoms with E-state index in [1.54, 1.807) is 0 Å². The van der Waals surface area contributed by atoms with Crippen molar-refractivity contribution in [3.05, 3.63) is 24.3 Å². The summed E-state index contributed by atoms with van der Waals surface area (Å²) < 4.78 is 5.49. The smallest absolute Gasteiger partial charge is 0.305 e. The Morgan fingerprint density at radius 2 is 0.560 bits per heavy atom. The van der Waals surface area contributed by atoms with Crippen molar-refractivity contribution < 1.29 is 24.5 Å². The molecule has 0 radical (unpaired) electrons. The highest BCUT2D eigenvalue weighted by Crippen LogP contribution is 2.20. The van der Waals surface area contributed by atoms with Crippen LogP contribution in [0.5, 0.6) is 0 Å². The zero-order valence-corrected chi connectivity index (χ0v) is 57.2. The summed E-state index contributed by atoms with van der Waals surface area (Å²) in [6.45, 7) is 4.98. The van der Waals surface area contributed by atoms with Crippen molar-refractivity contribution >= 4 is 11.9 Å². The summed E-state index contributed by atoms with van der Waals surface area (Å²) in [6, 6.07) is -0.538. The van der Waals surface area contributed by atoms with Crippen LogP contribution in [0.4, 0.5) is 0 Å². The average molecular weight is 1180 g/mol. The molecule has 0 bridgehead atoms. The molecule has 0 aliphatic heterocycles. The van der Waals surface area contributed by atoms with Crippen LogP contribution in [-0.4, -0.2) is 47.4 Å². The molecule has 0 heterocycles. The molecule has 2 unspecified atom stereocenters. The van der Waals surface area contributed by atoms with E-state index in [0.717, 1.165) is 44.9 Å². The highest BCUT2D eigenvalue weighted by Gasteiger charge is 2.20. The Hall–Kier alpha value is -1.66. The van der Waals surface area contributed by atoms with Crippen LogP contribution < -0.4 is 5.32 Å². The van der Waals surface area contributed by atoms with Gasteiger partial charge in [-0.25, -0.2) is 0 Å². The summed E-state index contributed by atoms with van der Waals surface area (Å²) in [4.78, 5) is 24.6. The van der Waals surface area contributed by atoms with Gasteiger partial charge in [0.2, 0.25) is 5.91 Å². The highest BCUT2D eigenvalue weighted by molar-refractivity contribution is 5.76. The SMILES string of the molecule is CCCCCC/C=C\CCCCCCCC(=O)OCCCCCCCCCCCCCCCCCC/C=C\CCCCCCCCCCCCCCCCCCCC(=O)NC(CO)C(O)CCCCCCCCCCCCCCCCCCC. The summed E-state index contributed by atoms with van der Waals surface area (Å²) in [5, 5.41) is 23.4. The molecule has 0 fully saturated rings. The largest absolute Gasteiger partial charge is 0.466 e. The molecule has 498 valence electrons. The number of ether oxygens (including phenoxy) is 1. The first-order chi connectivity index (χ1) is 41.5. The lowest BCUT2D eigenvalue weighted by Crippen LogP contribution is -2.45. The van der Waals surface area contributed by atoms with Crippen LogP contribution in [0.1, 0.15) is 438 Å². The minimum absolute atomic E-state index is 0.0128. The minimum Gasteiger partial charge on any atom is -0.466 e. The predicted octanol–water partition coefficient (Wildman–Crippen LogP) is 25.3. The maximum Gasteiger partial charge on any atom is 0.305 e. The molecule has 84 heavy (non-hydrogen) atoms. The van der Waals surface area contributed by atoms with Crippen molar-refractivity contribution in [2.24, 2.45) is 0 Å². The van der Waals surface area contributed by atoms with Crippen LogP contribution in [0.15, 0.2) is 24.3 Å². The van der Waals surface area contributed by atoms with Gasteiger partial charge in [0, 0.05) is 12.8 Å². The Balaban J connectivity index is 3.33. The van der Waals surface area contributed by atoms with Gasteiger partial charge in [-0.05, 0) is 77.0 Å². The summed E-state index contributed by atoms with van der Waals surface area (Å²) in [7, 11) is 0. The molecule has 6 heteroatoms. The molecule has 0 aliphatic rings. The summed E-state index contributed by atoms with van der Waals surface area (Å²) in [5.74, 6) is -0.0140. The van der Waals surface area contributed by atoms with E-state index in [1.165, 1.54) is 360 Å². The first kappa shape index (κ1) is 82.3. The van der Waals surface area contributed by atoms with Crippen molar-refractivity contribution in [3.63, 3.8) is 0 Å². The topological polar surface area (TPSA) is 95.9 Å². The van der Waals surface area contributed by atoms with Gasteiger partial charge in [-0.15, -0.1) is 0 Å². The highest BCUT2D eigenvalue weighted by atomic mass is 16.5. The average Bonchev–Trinajstić information content (AvgIpc) is 3.51. The number of hydrogen-bond donors (Lipinski definition) is 3. The van der Waals surface area contributed by atoms with Crippen molar-refractivity contribution in [1.29, 1.82) is 0 Å². The molecule has 2 atom stereocenters. The normalized spacial score (nSPS) is 12.6. The van der Waals surface area contributed by atoms with E-state index in [4.69, 9.17) is 4.74 Å². The molecule has 0 aromatic rings. The van der Waals surface area contributed by atoms with E-state index in [0.29, 0.717) is 25.9 Å². The molecular formula is C78H151NO5. The van der Waals surface area contributed by atoms with Crippen LogP contribution in [0.25, 0.3) is 0 Å². The van der Waals surface area contributed by atoms with Crippen molar-refractivity contribution in [2.45, 2.75) is 450 Å². The van der Waals surface area contributed by atoms with Crippen LogP contribution >= 0.6 is 0 Å². The number of carbonyl (C=O) groups is 2. The fraction of sp³-hybridized carbons (Fsp3) is 0.923. The van der Waals surface area contributed by atoms with Crippen LogP contribution in [0.2, 0.25) is 0 Å². The Morgan fingerprint density at radius 3 is 0.857 bits per heavy atom. The summed E-state index contributed by atoms with van der Waals surface area (Å²) in [6.07, 6.45) is 94.1. The lowest BCUT2D eigenvalue weighted by molar-refractivity contribution is -0.143. The Bertz CT molecular complexity index is 1320. The first-order valence-electron chi connectivity index (χ1n) is 38.6. The van der Waals surface area contributed by atoms with Crippen LogP contribution in [-0.2, 0) is 14.3 Å². The van der Waals surface area contributed by atoms with E-state index in [2.05, 4.69) is 43.5 Å². The van der Waals surface area contributed by atoms with Gasteiger partial charge in [0.1, 0.15) is 0 Å². The summed E-state index contributed by atoms with van der Waals surface area (Å²) in [5.41, 5.74) is 0. The number of amides is 1. The Morgan fingerprint density at radius 1 is 0.321 bits per heavy atom. The van der Waals surface area contributed by atoms with Gasteiger partial charge in [0.05, 0.1) is 25.4 Å². The fourth-order valence-electron chi connectivity index (χ4n) is 12.3. The minimum atomic E-state index is -0.661. The molecule has 0 aromatic carbocycles. The molecule has 0 saturated heterocycles. The number of unbranched alkanes of at least 4 members (excludes halogenated alkanes) is 58. The van der Waals surface area contributed by atoms with Crippen LogP contribution in [0.3, 0.4) is 0 Å². The predicted molar refractivity (Wildman–Crippen MR) is 370 cm³/mol. The third kappa shape index (κ3) is 69.4. The molecule has 6 nitrogen and oxygen atoms in total. The lowest BCUT2D eigenvalue weighted by atomic mass is 10.0. The van der Waals surface area contributed by atoms with E-state index in [-0.39, 0.29) is 18.5 Å². The number of aliphatic hydroxyl groups excluding tert-OH is 2. The Labute approximate surface area is 526 Å². The van der Waals surface area contributed by atoms with Gasteiger partial charge in [0.25, 0.3) is 0 Å². The maximum atomic E-state index is 12.5. The van der Waals surface area contributed by atoms with E-state index in [1.807, 2.05) is 0 Å². The third-order valence-electron chi connectivity index (χ3n) is 18.2. The molecule has 0 spiro atoms. The number of carbonyl (C=O) groups excluding carboxylic acids is 2. The molecular weight excluding hydrogens is 1030 g/mol.